The Morgan fingerprint density at radius 2 is 1.92 bits per heavy atom. The minimum atomic E-state index is -0.594. The molecule has 2 rings (SSSR count). The molecule has 0 saturated heterocycles. The molecule has 0 fully saturated rings. The van der Waals surface area contributed by atoms with Crippen molar-refractivity contribution in [1.29, 1.82) is 0 Å². The number of nitro benzene ring substituents is 1. The van der Waals surface area contributed by atoms with Crippen LogP contribution < -0.4 is 16.4 Å². The van der Waals surface area contributed by atoms with Crippen LogP contribution in [0.4, 0.5) is 11.4 Å². The predicted molar refractivity (Wildman–Crippen MR) is 102 cm³/mol. The van der Waals surface area contributed by atoms with E-state index in [0.717, 1.165) is 11.1 Å². The van der Waals surface area contributed by atoms with Gasteiger partial charge in [-0.3, -0.25) is 14.9 Å². The first kappa shape index (κ1) is 19.4. The van der Waals surface area contributed by atoms with Crippen LogP contribution in [0.2, 0.25) is 0 Å². The third kappa shape index (κ3) is 5.86. The van der Waals surface area contributed by atoms with E-state index in [1.165, 1.54) is 6.07 Å². The molecule has 0 aliphatic heterocycles. The molecule has 7 heteroatoms. The normalized spacial score (nSPS) is 11.6. The molecule has 7 nitrogen and oxygen atoms in total. The van der Waals surface area contributed by atoms with E-state index in [2.05, 4.69) is 10.6 Å². The van der Waals surface area contributed by atoms with Gasteiger partial charge in [0.15, 0.2) is 0 Å². The van der Waals surface area contributed by atoms with Crippen molar-refractivity contribution >= 4 is 17.3 Å². The SMILES string of the molecule is Cc1ccc(NCCCNC(=O)[C@@H](N)Cc2ccccc2)c([N+](=O)[O-])c1. The number of hydrogen-bond acceptors (Lipinski definition) is 5. The molecule has 1 atom stereocenters. The summed E-state index contributed by atoms with van der Waals surface area (Å²) in [5.41, 5.74) is 8.31. The summed E-state index contributed by atoms with van der Waals surface area (Å²) in [6.07, 6.45) is 1.12. The lowest BCUT2D eigenvalue weighted by Crippen LogP contribution is -2.42. The quantitative estimate of drug-likeness (QED) is 0.363. The molecule has 0 spiro atoms. The van der Waals surface area contributed by atoms with E-state index in [1.807, 2.05) is 43.3 Å². The van der Waals surface area contributed by atoms with Crippen molar-refractivity contribution in [3.05, 3.63) is 69.8 Å². The molecular weight excluding hydrogens is 332 g/mol. The van der Waals surface area contributed by atoms with Gasteiger partial charge in [0.1, 0.15) is 5.69 Å². The second kappa shape index (κ2) is 9.53. The molecule has 0 aliphatic carbocycles. The minimum absolute atomic E-state index is 0.0546. The molecule has 0 unspecified atom stereocenters. The number of amides is 1. The van der Waals surface area contributed by atoms with Gasteiger partial charge >= 0.3 is 0 Å². The average molecular weight is 356 g/mol. The first-order valence-corrected chi connectivity index (χ1v) is 8.53. The van der Waals surface area contributed by atoms with Crippen LogP contribution in [0.15, 0.2) is 48.5 Å². The Balaban J connectivity index is 1.72. The van der Waals surface area contributed by atoms with Crippen molar-refractivity contribution in [2.45, 2.75) is 25.8 Å². The average Bonchev–Trinajstić information content (AvgIpc) is 2.63. The summed E-state index contributed by atoms with van der Waals surface area (Å²) in [4.78, 5) is 22.7. The standard InChI is InChI=1S/C19H24N4O3/c1-14-8-9-17(18(12-14)23(25)26)21-10-5-11-22-19(24)16(20)13-15-6-3-2-4-7-15/h2-4,6-9,12,16,21H,5,10-11,13,20H2,1H3,(H,22,24)/t16-/m0/s1. The Morgan fingerprint density at radius 1 is 1.19 bits per heavy atom. The van der Waals surface area contributed by atoms with Crippen LogP contribution in [0, 0.1) is 17.0 Å². The topological polar surface area (TPSA) is 110 Å². The number of carbonyl (C=O) groups is 1. The molecule has 0 bridgehead atoms. The Kier molecular flexibility index (Phi) is 7.11. The molecule has 4 N–H and O–H groups in total. The van der Waals surface area contributed by atoms with Gasteiger partial charge < -0.3 is 16.4 Å². The molecular formula is C19H24N4O3. The summed E-state index contributed by atoms with van der Waals surface area (Å²) in [7, 11) is 0. The molecule has 2 aromatic rings. The molecule has 0 saturated carbocycles. The van der Waals surface area contributed by atoms with Crippen LogP contribution in [0.3, 0.4) is 0 Å². The zero-order valence-electron chi connectivity index (χ0n) is 14.8. The summed E-state index contributed by atoms with van der Waals surface area (Å²) in [5.74, 6) is -0.199. The fraction of sp³-hybridized carbons (Fsp3) is 0.316. The van der Waals surface area contributed by atoms with Crippen LogP contribution in [0.1, 0.15) is 17.5 Å². The van der Waals surface area contributed by atoms with Gasteiger partial charge in [0.05, 0.1) is 11.0 Å². The minimum Gasteiger partial charge on any atom is -0.379 e. The second-order valence-corrected chi connectivity index (χ2v) is 6.15. The lowest BCUT2D eigenvalue weighted by atomic mass is 10.1. The number of nitrogens with one attached hydrogen (secondary N) is 2. The van der Waals surface area contributed by atoms with E-state index >= 15 is 0 Å². The number of nitro groups is 1. The molecule has 1 amide bonds. The maximum Gasteiger partial charge on any atom is 0.292 e. The number of nitrogens with zero attached hydrogens (tertiary/aromatic N) is 1. The van der Waals surface area contributed by atoms with Gasteiger partial charge in [-0.05, 0) is 37.0 Å². The van der Waals surface area contributed by atoms with Crippen LogP contribution in [-0.2, 0) is 11.2 Å². The van der Waals surface area contributed by atoms with Gasteiger partial charge in [-0.15, -0.1) is 0 Å². The van der Waals surface area contributed by atoms with E-state index in [9.17, 15) is 14.9 Å². The van der Waals surface area contributed by atoms with Crippen molar-refractivity contribution in [3.63, 3.8) is 0 Å². The van der Waals surface area contributed by atoms with E-state index in [4.69, 9.17) is 5.73 Å². The second-order valence-electron chi connectivity index (χ2n) is 6.15. The molecule has 0 aliphatic rings. The number of benzene rings is 2. The van der Waals surface area contributed by atoms with Gasteiger partial charge in [0, 0.05) is 19.2 Å². The van der Waals surface area contributed by atoms with Gasteiger partial charge in [0.25, 0.3) is 5.69 Å². The van der Waals surface area contributed by atoms with Crippen molar-refractivity contribution < 1.29 is 9.72 Å². The van der Waals surface area contributed by atoms with E-state index < -0.39 is 11.0 Å². The first-order valence-electron chi connectivity index (χ1n) is 8.53. The fourth-order valence-corrected chi connectivity index (χ4v) is 2.56. The number of anilines is 1. The van der Waals surface area contributed by atoms with Gasteiger partial charge in [0.2, 0.25) is 5.91 Å². The van der Waals surface area contributed by atoms with Gasteiger partial charge in [-0.25, -0.2) is 0 Å². The molecule has 138 valence electrons. The summed E-state index contributed by atoms with van der Waals surface area (Å²) in [6, 6.07) is 14.1. The number of aryl methyl sites for hydroxylation is 1. The Labute approximate surface area is 152 Å². The third-order valence-corrected chi connectivity index (χ3v) is 3.95. The van der Waals surface area contributed by atoms with Crippen LogP contribution in [-0.4, -0.2) is 30.0 Å². The lowest BCUT2D eigenvalue weighted by molar-refractivity contribution is -0.384. The Bertz CT molecular complexity index is 750. The lowest BCUT2D eigenvalue weighted by Gasteiger charge is -2.13. The summed E-state index contributed by atoms with van der Waals surface area (Å²) >= 11 is 0. The van der Waals surface area contributed by atoms with Crippen LogP contribution in [0.25, 0.3) is 0 Å². The number of rotatable bonds is 9. The van der Waals surface area contributed by atoms with E-state index in [-0.39, 0.29) is 11.6 Å². The number of nitrogens with two attached hydrogens (primary N) is 1. The fourth-order valence-electron chi connectivity index (χ4n) is 2.56. The number of carbonyl (C=O) groups excluding carboxylic acids is 1. The Morgan fingerprint density at radius 3 is 2.62 bits per heavy atom. The van der Waals surface area contributed by atoms with E-state index in [0.29, 0.717) is 31.6 Å². The van der Waals surface area contributed by atoms with E-state index in [1.54, 1.807) is 6.07 Å². The third-order valence-electron chi connectivity index (χ3n) is 3.95. The van der Waals surface area contributed by atoms with Crippen molar-refractivity contribution in [1.82, 2.24) is 5.32 Å². The summed E-state index contributed by atoms with van der Waals surface area (Å²) in [6.45, 7) is 2.77. The largest absolute Gasteiger partial charge is 0.379 e. The molecule has 0 aromatic heterocycles. The highest BCUT2D eigenvalue weighted by Gasteiger charge is 2.14. The van der Waals surface area contributed by atoms with Crippen LogP contribution in [0.5, 0.6) is 0 Å². The highest BCUT2D eigenvalue weighted by atomic mass is 16.6. The molecule has 0 radical (unpaired) electrons. The summed E-state index contributed by atoms with van der Waals surface area (Å²) in [5, 5.41) is 16.9. The zero-order chi connectivity index (χ0) is 18.9. The maximum absolute atomic E-state index is 12.0. The number of hydrogen-bond donors (Lipinski definition) is 3. The zero-order valence-corrected chi connectivity index (χ0v) is 14.8. The molecule has 0 heterocycles. The Hall–Kier alpha value is -2.93. The predicted octanol–water partition coefficient (Wildman–Crippen LogP) is 2.39. The van der Waals surface area contributed by atoms with Crippen molar-refractivity contribution in [2.75, 3.05) is 18.4 Å². The van der Waals surface area contributed by atoms with Crippen molar-refractivity contribution in [2.24, 2.45) is 5.73 Å². The smallest absolute Gasteiger partial charge is 0.292 e. The molecule has 2 aromatic carbocycles. The first-order chi connectivity index (χ1) is 12.5. The van der Waals surface area contributed by atoms with Gasteiger partial charge in [-0.1, -0.05) is 36.4 Å². The summed E-state index contributed by atoms with van der Waals surface area (Å²) < 4.78 is 0. The van der Waals surface area contributed by atoms with Gasteiger partial charge in [-0.2, -0.15) is 0 Å². The highest BCUT2D eigenvalue weighted by molar-refractivity contribution is 5.81. The monoisotopic (exact) mass is 356 g/mol. The van der Waals surface area contributed by atoms with Crippen LogP contribution >= 0.6 is 0 Å². The highest BCUT2D eigenvalue weighted by Crippen LogP contribution is 2.25. The maximum atomic E-state index is 12.0. The molecule has 26 heavy (non-hydrogen) atoms. The van der Waals surface area contributed by atoms with Crippen molar-refractivity contribution in [3.8, 4) is 0 Å².